The molecule has 0 saturated carbocycles. The number of hydrogen-bond donors (Lipinski definition) is 4. The molecular formula is C7H14O6. The summed E-state index contributed by atoms with van der Waals surface area (Å²) < 4.78 is 9.69. The van der Waals surface area contributed by atoms with E-state index in [1.807, 2.05) is 0 Å². The molecule has 0 spiro atoms. The molecule has 78 valence electrons. The zero-order chi connectivity index (χ0) is 10.1. The van der Waals surface area contributed by atoms with E-state index in [9.17, 15) is 10.2 Å². The third-order valence-corrected chi connectivity index (χ3v) is 2.23. The zero-order valence-electron chi connectivity index (χ0n) is 7.25. The minimum absolute atomic E-state index is 0.188. The molecule has 0 aromatic rings. The van der Waals surface area contributed by atoms with Crippen molar-refractivity contribution in [2.45, 2.75) is 24.1 Å². The summed E-state index contributed by atoms with van der Waals surface area (Å²) in [5.74, 6) is -1.63. The van der Waals surface area contributed by atoms with Crippen molar-refractivity contribution in [1.82, 2.24) is 0 Å². The maximum atomic E-state index is 9.44. The Kier molecular flexibility index (Phi) is 3.23. The van der Waals surface area contributed by atoms with Crippen molar-refractivity contribution >= 4 is 0 Å². The van der Waals surface area contributed by atoms with Gasteiger partial charge in [-0.15, -0.1) is 0 Å². The van der Waals surface area contributed by atoms with Gasteiger partial charge >= 0.3 is 0 Å². The van der Waals surface area contributed by atoms with Gasteiger partial charge in [-0.3, -0.25) is 0 Å². The molecule has 1 saturated heterocycles. The van der Waals surface area contributed by atoms with E-state index in [1.54, 1.807) is 0 Å². The molecule has 0 radical (unpaired) electrons. The number of hydrogen-bond acceptors (Lipinski definition) is 6. The van der Waals surface area contributed by atoms with Gasteiger partial charge in [-0.25, -0.2) is 0 Å². The smallest absolute Gasteiger partial charge is 0.220 e. The fourth-order valence-electron chi connectivity index (χ4n) is 1.26. The highest BCUT2D eigenvalue weighted by atomic mass is 16.7. The van der Waals surface area contributed by atoms with Crippen LogP contribution < -0.4 is 0 Å². The molecule has 1 aliphatic heterocycles. The van der Waals surface area contributed by atoms with E-state index in [-0.39, 0.29) is 6.61 Å². The molecule has 6 heteroatoms. The Morgan fingerprint density at radius 1 is 1.46 bits per heavy atom. The summed E-state index contributed by atoms with van der Waals surface area (Å²) >= 11 is 0. The van der Waals surface area contributed by atoms with Crippen LogP contribution in [0.25, 0.3) is 0 Å². The molecule has 0 bridgehead atoms. The van der Waals surface area contributed by atoms with Gasteiger partial charge in [0.1, 0.15) is 24.9 Å². The topological polar surface area (TPSA) is 99.4 Å². The van der Waals surface area contributed by atoms with Crippen LogP contribution in [0.3, 0.4) is 0 Å². The van der Waals surface area contributed by atoms with Crippen molar-refractivity contribution in [3.05, 3.63) is 0 Å². The molecule has 0 amide bonds. The molecule has 13 heavy (non-hydrogen) atoms. The number of ether oxygens (including phenoxy) is 2. The zero-order valence-corrected chi connectivity index (χ0v) is 7.25. The monoisotopic (exact) mass is 194 g/mol. The summed E-state index contributed by atoms with van der Waals surface area (Å²) in [5.41, 5.74) is 0. The van der Waals surface area contributed by atoms with Gasteiger partial charge in [0.25, 0.3) is 0 Å². The lowest BCUT2D eigenvalue weighted by Crippen LogP contribution is -2.63. The highest BCUT2D eigenvalue weighted by Crippen LogP contribution is 2.26. The normalized spacial score (nSPS) is 46.4. The van der Waals surface area contributed by atoms with Gasteiger partial charge in [0.05, 0.1) is 6.61 Å². The van der Waals surface area contributed by atoms with Crippen molar-refractivity contribution in [3.63, 3.8) is 0 Å². The lowest BCUT2D eigenvalue weighted by atomic mass is 9.97. The SMILES string of the molecule is CO[C@]1(CO)OC[C@@H](O)[C@@H](O)[C@H]1O. The van der Waals surface area contributed by atoms with E-state index < -0.39 is 30.7 Å². The molecule has 4 atom stereocenters. The van der Waals surface area contributed by atoms with E-state index in [0.717, 1.165) is 0 Å². The van der Waals surface area contributed by atoms with E-state index in [0.29, 0.717) is 0 Å². The summed E-state index contributed by atoms with van der Waals surface area (Å²) in [5, 5.41) is 36.7. The van der Waals surface area contributed by atoms with Crippen LogP contribution in [0.5, 0.6) is 0 Å². The van der Waals surface area contributed by atoms with E-state index in [2.05, 4.69) is 0 Å². The second-order valence-electron chi connectivity index (χ2n) is 2.99. The van der Waals surface area contributed by atoms with Gasteiger partial charge < -0.3 is 29.9 Å². The lowest BCUT2D eigenvalue weighted by molar-refractivity contribution is -0.340. The Balaban J connectivity index is 2.77. The number of methoxy groups -OCH3 is 1. The number of aliphatic hydroxyl groups is 4. The molecule has 0 aromatic carbocycles. The summed E-state index contributed by atoms with van der Waals surface area (Å²) in [7, 11) is 1.24. The van der Waals surface area contributed by atoms with Gasteiger partial charge in [-0.1, -0.05) is 0 Å². The highest BCUT2D eigenvalue weighted by Gasteiger charge is 2.49. The second-order valence-corrected chi connectivity index (χ2v) is 2.99. The highest BCUT2D eigenvalue weighted by molar-refractivity contribution is 4.92. The predicted molar refractivity (Wildman–Crippen MR) is 40.8 cm³/mol. The Labute approximate surface area is 75.3 Å². The first-order chi connectivity index (χ1) is 6.07. The first-order valence-corrected chi connectivity index (χ1v) is 3.91. The predicted octanol–water partition coefficient (Wildman–Crippen LogP) is -2.57. The average Bonchev–Trinajstić information content (AvgIpc) is 2.16. The molecule has 4 N–H and O–H groups in total. The lowest BCUT2D eigenvalue weighted by Gasteiger charge is -2.42. The quantitative estimate of drug-likeness (QED) is 0.386. The Hall–Kier alpha value is -0.240. The van der Waals surface area contributed by atoms with Crippen LogP contribution in [-0.2, 0) is 9.47 Å². The van der Waals surface area contributed by atoms with E-state index in [4.69, 9.17) is 19.7 Å². The average molecular weight is 194 g/mol. The molecule has 0 aromatic heterocycles. The van der Waals surface area contributed by atoms with E-state index >= 15 is 0 Å². The molecule has 1 rings (SSSR count). The summed E-state index contributed by atoms with van der Waals surface area (Å²) in [6.45, 7) is -0.777. The fourth-order valence-corrected chi connectivity index (χ4v) is 1.26. The molecule has 1 fully saturated rings. The van der Waals surface area contributed by atoms with Crippen molar-refractivity contribution in [3.8, 4) is 0 Å². The van der Waals surface area contributed by atoms with Crippen LogP contribution in [0.15, 0.2) is 0 Å². The molecule has 1 heterocycles. The number of aliphatic hydroxyl groups excluding tert-OH is 4. The molecule has 1 aliphatic rings. The van der Waals surface area contributed by atoms with Crippen LogP contribution in [0.2, 0.25) is 0 Å². The maximum Gasteiger partial charge on any atom is 0.220 e. The van der Waals surface area contributed by atoms with E-state index in [1.165, 1.54) is 7.11 Å². The Bertz CT molecular complexity index is 168. The first-order valence-electron chi connectivity index (χ1n) is 3.91. The molecule has 0 unspecified atom stereocenters. The summed E-state index contributed by atoms with van der Waals surface area (Å²) in [4.78, 5) is 0. The Morgan fingerprint density at radius 2 is 2.08 bits per heavy atom. The largest absolute Gasteiger partial charge is 0.391 e. The van der Waals surface area contributed by atoms with Crippen molar-refractivity contribution < 1.29 is 29.9 Å². The van der Waals surface area contributed by atoms with Crippen LogP contribution in [0.1, 0.15) is 0 Å². The minimum atomic E-state index is -1.63. The van der Waals surface area contributed by atoms with Gasteiger partial charge in [0.15, 0.2) is 0 Å². The van der Waals surface area contributed by atoms with Gasteiger partial charge in [0, 0.05) is 7.11 Å². The van der Waals surface area contributed by atoms with Crippen molar-refractivity contribution in [1.29, 1.82) is 0 Å². The number of rotatable bonds is 2. The minimum Gasteiger partial charge on any atom is -0.391 e. The van der Waals surface area contributed by atoms with Crippen LogP contribution in [0, 0.1) is 0 Å². The van der Waals surface area contributed by atoms with Crippen molar-refractivity contribution in [2.24, 2.45) is 0 Å². The van der Waals surface area contributed by atoms with Crippen LogP contribution in [-0.4, -0.2) is 64.8 Å². The summed E-state index contributed by atoms with van der Waals surface area (Å²) in [6.07, 6.45) is -4.00. The van der Waals surface area contributed by atoms with Gasteiger partial charge in [-0.05, 0) is 0 Å². The first kappa shape index (κ1) is 10.8. The standard InChI is InChI=1S/C7H14O6/c1-12-7(3-8)6(11)5(10)4(9)2-13-7/h4-6,8-11H,2-3H2,1H3/t4-,5-,6-,7-/m1/s1. The maximum absolute atomic E-state index is 9.44. The third-order valence-electron chi connectivity index (χ3n) is 2.23. The second kappa shape index (κ2) is 3.87. The molecule has 6 nitrogen and oxygen atoms in total. The third kappa shape index (κ3) is 1.69. The van der Waals surface area contributed by atoms with Crippen molar-refractivity contribution in [2.75, 3.05) is 20.3 Å². The van der Waals surface area contributed by atoms with Crippen LogP contribution >= 0.6 is 0 Å². The Morgan fingerprint density at radius 3 is 2.54 bits per heavy atom. The fraction of sp³-hybridized carbons (Fsp3) is 1.00. The van der Waals surface area contributed by atoms with Gasteiger partial charge in [0.2, 0.25) is 5.79 Å². The summed E-state index contributed by atoms with van der Waals surface area (Å²) in [6, 6.07) is 0. The molecule has 0 aliphatic carbocycles. The molecular weight excluding hydrogens is 180 g/mol. The van der Waals surface area contributed by atoms with Crippen LogP contribution in [0.4, 0.5) is 0 Å². The van der Waals surface area contributed by atoms with Gasteiger partial charge in [-0.2, -0.15) is 0 Å².